The molecule has 0 unspecified atom stereocenters. The standard InChI is InChI=1S/C21H30N4O3S.HI/c1-5-28-19-9-7-6-8-18(19)15-24-21(22-4)23-12-13-25-29(26,27)20-14-16(2)10-11-17(20)3;/h6-11,14,25H,5,12-13,15H2,1-4H3,(H2,22,23,24);1H. The minimum atomic E-state index is -3.55. The Morgan fingerprint density at radius 3 is 2.50 bits per heavy atom. The first-order chi connectivity index (χ1) is 13.9. The third-order valence-corrected chi connectivity index (χ3v) is 5.89. The van der Waals surface area contributed by atoms with Gasteiger partial charge in [0.2, 0.25) is 10.0 Å². The zero-order valence-electron chi connectivity index (χ0n) is 17.9. The molecule has 7 nitrogen and oxygen atoms in total. The minimum absolute atomic E-state index is 0. The van der Waals surface area contributed by atoms with E-state index in [-0.39, 0.29) is 30.5 Å². The summed E-state index contributed by atoms with van der Waals surface area (Å²) in [5.41, 5.74) is 2.65. The summed E-state index contributed by atoms with van der Waals surface area (Å²) in [7, 11) is -1.88. The Kier molecular flexibility index (Phi) is 11.1. The van der Waals surface area contributed by atoms with E-state index in [0.717, 1.165) is 22.4 Å². The lowest BCUT2D eigenvalue weighted by molar-refractivity contribution is 0.336. The van der Waals surface area contributed by atoms with Gasteiger partial charge in [-0.25, -0.2) is 13.1 Å². The second-order valence-corrected chi connectivity index (χ2v) is 8.30. The summed E-state index contributed by atoms with van der Waals surface area (Å²) in [6, 6.07) is 13.2. The van der Waals surface area contributed by atoms with Gasteiger partial charge in [0.05, 0.1) is 11.5 Å². The largest absolute Gasteiger partial charge is 0.494 e. The van der Waals surface area contributed by atoms with Gasteiger partial charge in [-0.15, -0.1) is 24.0 Å². The van der Waals surface area contributed by atoms with Crippen molar-refractivity contribution in [2.75, 3.05) is 26.7 Å². The number of hydrogen-bond acceptors (Lipinski definition) is 4. The summed E-state index contributed by atoms with van der Waals surface area (Å²) in [5, 5.41) is 6.32. The van der Waals surface area contributed by atoms with E-state index in [2.05, 4.69) is 20.3 Å². The van der Waals surface area contributed by atoms with Crippen molar-refractivity contribution >= 4 is 40.0 Å². The summed E-state index contributed by atoms with van der Waals surface area (Å²) in [4.78, 5) is 4.49. The van der Waals surface area contributed by atoms with Gasteiger partial charge in [-0.1, -0.05) is 30.3 Å². The third kappa shape index (κ3) is 7.77. The number of benzene rings is 2. The van der Waals surface area contributed by atoms with Crippen molar-refractivity contribution in [3.8, 4) is 5.75 Å². The molecular formula is C21H31IN4O3S. The van der Waals surface area contributed by atoms with Crippen molar-refractivity contribution in [3.05, 3.63) is 59.2 Å². The number of para-hydroxylation sites is 1. The molecule has 3 N–H and O–H groups in total. The normalized spacial score (nSPS) is 11.5. The molecule has 166 valence electrons. The predicted molar refractivity (Wildman–Crippen MR) is 132 cm³/mol. The van der Waals surface area contributed by atoms with E-state index in [4.69, 9.17) is 4.74 Å². The Morgan fingerprint density at radius 1 is 1.07 bits per heavy atom. The average Bonchev–Trinajstić information content (AvgIpc) is 2.70. The SMILES string of the molecule is CCOc1ccccc1CNC(=NC)NCCNS(=O)(=O)c1cc(C)ccc1C.I. The van der Waals surface area contributed by atoms with E-state index >= 15 is 0 Å². The molecule has 0 fully saturated rings. The number of nitrogens with one attached hydrogen (secondary N) is 3. The van der Waals surface area contributed by atoms with Crippen LogP contribution in [0, 0.1) is 13.8 Å². The van der Waals surface area contributed by atoms with E-state index in [1.807, 2.05) is 50.2 Å². The van der Waals surface area contributed by atoms with Gasteiger partial charge in [0.25, 0.3) is 0 Å². The average molecular weight is 546 g/mol. The minimum Gasteiger partial charge on any atom is -0.494 e. The third-order valence-electron chi connectivity index (χ3n) is 4.29. The Balaban J connectivity index is 0.00000450. The first-order valence-corrected chi connectivity index (χ1v) is 11.1. The Hall–Kier alpha value is -1.85. The maximum Gasteiger partial charge on any atom is 0.240 e. The topological polar surface area (TPSA) is 91.8 Å². The molecule has 0 saturated heterocycles. The van der Waals surface area contributed by atoms with Crippen molar-refractivity contribution in [2.24, 2.45) is 4.99 Å². The van der Waals surface area contributed by atoms with Gasteiger partial charge in [-0.05, 0) is 44.0 Å². The summed E-state index contributed by atoms with van der Waals surface area (Å²) in [5.74, 6) is 1.42. The van der Waals surface area contributed by atoms with Gasteiger partial charge in [0.15, 0.2) is 5.96 Å². The van der Waals surface area contributed by atoms with Crippen LogP contribution < -0.4 is 20.1 Å². The molecule has 0 bridgehead atoms. The Labute approximate surface area is 196 Å². The second kappa shape index (κ2) is 12.8. The van der Waals surface area contributed by atoms with Gasteiger partial charge in [0, 0.05) is 32.2 Å². The highest BCUT2D eigenvalue weighted by Gasteiger charge is 2.16. The van der Waals surface area contributed by atoms with Crippen LogP contribution in [0.3, 0.4) is 0 Å². The molecule has 2 aromatic rings. The predicted octanol–water partition coefficient (Wildman–Crippen LogP) is 2.96. The van der Waals surface area contributed by atoms with Crippen LogP contribution in [0.2, 0.25) is 0 Å². The Bertz CT molecular complexity index is 949. The highest BCUT2D eigenvalue weighted by Crippen LogP contribution is 2.17. The highest BCUT2D eigenvalue weighted by atomic mass is 127. The van der Waals surface area contributed by atoms with E-state index in [0.29, 0.717) is 30.6 Å². The van der Waals surface area contributed by atoms with Crippen LogP contribution >= 0.6 is 24.0 Å². The van der Waals surface area contributed by atoms with Crippen molar-refractivity contribution in [3.63, 3.8) is 0 Å². The molecule has 0 heterocycles. The first-order valence-electron chi connectivity index (χ1n) is 9.59. The first kappa shape index (κ1) is 26.2. The number of aryl methyl sites for hydroxylation is 2. The second-order valence-electron chi connectivity index (χ2n) is 6.56. The van der Waals surface area contributed by atoms with Crippen LogP contribution in [0.25, 0.3) is 0 Å². The number of hydrogen-bond donors (Lipinski definition) is 3. The molecule has 9 heteroatoms. The summed E-state index contributed by atoms with van der Waals surface area (Å²) in [6.07, 6.45) is 0. The fraction of sp³-hybridized carbons (Fsp3) is 0.381. The highest BCUT2D eigenvalue weighted by molar-refractivity contribution is 14.0. The maximum atomic E-state index is 12.5. The van der Waals surface area contributed by atoms with E-state index < -0.39 is 10.0 Å². The lowest BCUT2D eigenvalue weighted by Gasteiger charge is -2.15. The molecule has 0 aromatic heterocycles. The number of aliphatic imine (C=N–C) groups is 1. The summed E-state index contributed by atoms with van der Waals surface area (Å²) in [6.45, 7) is 7.40. The van der Waals surface area contributed by atoms with Gasteiger partial charge in [-0.2, -0.15) is 0 Å². The van der Waals surface area contributed by atoms with Crippen LogP contribution in [-0.4, -0.2) is 41.1 Å². The maximum absolute atomic E-state index is 12.5. The molecule has 0 aliphatic carbocycles. The molecule has 30 heavy (non-hydrogen) atoms. The number of guanidine groups is 1. The molecule has 0 amide bonds. The number of sulfonamides is 1. The van der Waals surface area contributed by atoms with Gasteiger partial charge >= 0.3 is 0 Å². The van der Waals surface area contributed by atoms with E-state index in [1.165, 1.54) is 0 Å². The number of ether oxygens (including phenoxy) is 1. The number of halogens is 1. The molecule has 0 spiro atoms. The van der Waals surface area contributed by atoms with Crippen molar-refractivity contribution in [1.82, 2.24) is 15.4 Å². The van der Waals surface area contributed by atoms with Crippen LogP contribution in [0.1, 0.15) is 23.6 Å². The molecule has 0 saturated carbocycles. The summed E-state index contributed by atoms with van der Waals surface area (Å²) < 4.78 is 33.3. The Morgan fingerprint density at radius 2 is 1.80 bits per heavy atom. The smallest absolute Gasteiger partial charge is 0.240 e. The molecule has 0 aliphatic heterocycles. The number of nitrogens with zero attached hydrogens (tertiary/aromatic N) is 1. The van der Waals surface area contributed by atoms with Crippen molar-refractivity contribution < 1.29 is 13.2 Å². The van der Waals surface area contributed by atoms with Gasteiger partial charge < -0.3 is 15.4 Å². The van der Waals surface area contributed by atoms with Gasteiger partial charge in [0.1, 0.15) is 5.75 Å². The van der Waals surface area contributed by atoms with Crippen LogP contribution in [-0.2, 0) is 16.6 Å². The molecular weight excluding hydrogens is 515 g/mol. The summed E-state index contributed by atoms with van der Waals surface area (Å²) >= 11 is 0. The molecule has 2 aromatic carbocycles. The van der Waals surface area contributed by atoms with E-state index in [1.54, 1.807) is 20.0 Å². The molecule has 2 rings (SSSR count). The van der Waals surface area contributed by atoms with Crippen LogP contribution in [0.5, 0.6) is 5.75 Å². The zero-order valence-corrected chi connectivity index (χ0v) is 21.0. The fourth-order valence-corrected chi connectivity index (χ4v) is 4.15. The van der Waals surface area contributed by atoms with Crippen LogP contribution in [0.15, 0.2) is 52.4 Å². The zero-order chi connectivity index (χ0) is 21.3. The molecule has 0 radical (unpaired) electrons. The van der Waals surface area contributed by atoms with Crippen molar-refractivity contribution in [2.45, 2.75) is 32.2 Å². The monoisotopic (exact) mass is 546 g/mol. The van der Waals surface area contributed by atoms with Crippen molar-refractivity contribution in [1.29, 1.82) is 0 Å². The molecule has 0 atom stereocenters. The van der Waals surface area contributed by atoms with Gasteiger partial charge in [-0.3, -0.25) is 4.99 Å². The lowest BCUT2D eigenvalue weighted by Crippen LogP contribution is -2.41. The van der Waals surface area contributed by atoms with Crippen LogP contribution in [0.4, 0.5) is 0 Å². The number of rotatable bonds is 9. The molecule has 0 aliphatic rings. The quantitative estimate of drug-likeness (QED) is 0.195. The lowest BCUT2D eigenvalue weighted by atomic mass is 10.2. The fourth-order valence-electron chi connectivity index (χ4n) is 2.79. The van der Waals surface area contributed by atoms with E-state index in [9.17, 15) is 8.42 Å².